The summed E-state index contributed by atoms with van der Waals surface area (Å²) in [7, 11) is 2.18. The maximum Gasteiger partial charge on any atom is 0.466 e. The third-order valence-corrected chi connectivity index (χ3v) is 4.85. The van der Waals surface area contributed by atoms with Gasteiger partial charge in [-0.1, -0.05) is 6.07 Å². The Balaban J connectivity index is 2.38. The number of esters is 1. The molecule has 0 bridgehead atoms. The van der Waals surface area contributed by atoms with E-state index < -0.39 is 30.1 Å². The molecule has 1 aromatic rings. The maximum absolute atomic E-state index is 11.9. The molecule has 1 saturated heterocycles. The average molecular weight is 336 g/mol. The van der Waals surface area contributed by atoms with Crippen LogP contribution in [0.1, 0.15) is 45.5 Å². The Morgan fingerprint density at radius 1 is 1.21 bits per heavy atom. The number of carbonyl (C=O) groups excluding carboxylic acids is 1. The van der Waals surface area contributed by atoms with Crippen LogP contribution in [-0.2, 0) is 18.8 Å². The van der Waals surface area contributed by atoms with Crippen LogP contribution in [0.5, 0.6) is 11.5 Å². The lowest BCUT2D eigenvalue weighted by atomic mass is 9.66. The molecule has 1 atom stereocenters. The first-order chi connectivity index (χ1) is 11.1. The van der Waals surface area contributed by atoms with E-state index in [-0.39, 0.29) is 12.2 Å². The summed E-state index contributed by atoms with van der Waals surface area (Å²) in [5.41, 5.74) is -0.512. The number of hydrogen-bond donors (Lipinski definition) is 1. The second-order valence-corrected chi connectivity index (χ2v) is 6.94. The fraction of sp³-hybridized carbons (Fsp3) is 0.588. The fourth-order valence-electron chi connectivity index (χ4n) is 2.63. The van der Waals surface area contributed by atoms with Gasteiger partial charge in [0, 0.05) is 11.9 Å². The van der Waals surface area contributed by atoms with E-state index in [9.17, 15) is 9.90 Å². The van der Waals surface area contributed by atoms with Crippen molar-refractivity contribution in [1.29, 1.82) is 0 Å². The monoisotopic (exact) mass is 336 g/mol. The second-order valence-electron chi connectivity index (χ2n) is 6.94. The summed E-state index contributed by atoms with van der Waals surface area (Å²) < 4.78 is 22.0. The van der Waals surface area contributed by atoms with Crippen molar-refractivity contribution in [1.82, 2.24) is 0 Å². The molecule has 1 fully saturated rings. The molecule has 0 radical (unpaired) electrons. The molecule has 1 aliphatic heterocycles. The van der Waals surface area contributed by atoms with Crippen LogP contribution in [0.25, 0.3) is 0 Å². The van der Waals surface area contributed by atoms with Crippen molar-refractivity contribution in [3.8, 4) is 11.5 Å². The van der Waals surface area contributed by atoms with Gasteiger partial charge in [0.15, 0.2) is 0 Å². The first kappa shape index (κ1) is 18.6. The number of hydrogen-bond acceptors (Lipinski definition) is 6. The van der Waals surface area contributed by atoms with E-state index in [1.165, 1.54) is 20.3 Å². The number of phenolic OH excluding ortho intramolecular Hbond substituents is 1. The molecule has 1 heterocycles. The van der Waals surface area contributed by atoms with Gasteiger partial charge in [0.1, 0.15) is 11.5 Å². The molecular weight excluding hydrogens is 311 g/mol. The first-order valence-corrected chi connectivity index (χ1v) is 7.90. The molecule has 0 aromatic heterocycles. The van der Waals surface area contributed by atoms with E-state index in [2.05, 4.69) is 0 Å². The number of ether oxygens (including phenoxy) is 2. The van der Waals surface area contributed by atoms with E-state index in [1.54, 1.807) is 12.1 Å². The number of methoxy groups -OCH3 is 2. The Hall–Kier alpha value is -1.73. The first-order valence-electron chi connectivity index (χ1n) is 7.90. The summed E-state index contributed by atoms with van der Waals surface area (Å²) in [5.74, 6) is -0.339. The molecule has 1 unspecified atom stereocenters. The molecule has 6 nitrogen and oxygen atoms in total. The van der Waals surface area contributed by atoms with Gasteiger partial charge in [-0.15, -0.1) is 0 Å². The number of phenols is 1. The Labute approximate surface area is 143 Å². The molecule has 0 aliphatic carbocycles. The van der Waals surface area contributed by atoms with Crippen LogP contribution < -0.4 is 4.74 Å². The predicted molar refractivity (Wildman–Crippen MR) is 90.1 cm³/mol. The molecule has 1 aliphatic rings. The zero-order valence-corrected chi connectivity index (χ0v) is 15.1. The number of benzene rings is 1. The third-order valence-electron chi connectivity index (χ3n) is 4.85. The lowest BCUT2D eigenvalue weighted by Gasteiger charge is -2.32. The largest absolute Gasteiger partial charge is 0.508 e. The summed E-state index contributed by atoms with van der Waals surface area (Å²) in [4.78, 5) is 11.9. The molecule has 0 amide bonds. The highest BCUT2D eigenvalue weighted by atomic mass is 16.7. The SMILES string of the molecule is COC(=O)CC(B1OC(C)(C)C(C)(C)O1)c1ccc(OC)cc1O. The van der Waals surface area contributed by atoms with E-state index >= 15 is 0 Å². The summed E-state index contributed by atoms with van der Waals surface area (Å²) in [6, 6.07) is 4.95. The molecule has 2 rings (SSSR count). The van der Waals surface area contributed by atoms with Crippen LogP contribution in [0, 0.1) is 0 Å². The summed E-state index contributed by atoms with van der Waals surface area (Å²) in [6.45, 7) is 7.76. The fourth-order valence-corrected chi connectivity index (χ4v) is 2.63. The quantitative estimate of drug-likeness (QED) is 0.658. The highest BCUT2D eigenvalue weighted by Gasteiger charge is 2.54. The van der Waals surface area contributed by atoms with Crippen molar-refractivity contribution in [3.63, 3.8) is 0 Å². The summed E-state index contributed by atoms with van der Waals surface area (Å²) in [5, 5.41) is 10.4. The van der Waals surface area contributed by atoms with Crippen LogP contribution in [0.2, 0.25) is 0 Å². The minimum atomic E-state index is -0.673. The minimum Gasteiger partial charge on any atom is -0.508 e. The molecule has 1 N–H and O–H groups in total. The van der Waals surface area contributed by atoms with Gasteiger partial charge in [-0.3, -0.25) is 4.79 Å². The predicted octanol–water partition coefficient (Wildman–Crippen LogP) is 2.68. The van der Waals surface area contributed by atoms with Crippen molar-refractivity contribution in [3.05, 3.63) is 23.8 Å². The Morgan fingerprint density at radius 3 is 2.25 bits per heavy atom. The normalized spacial score (nSPS) is 19.8. The van der Waals surface area contributed by atoms with Crippen LogP contribution in [-0.4, -0.2) is 43.6 Å². The van der Waals surface area contributed by atoms with E-state index in [0.29, 0.717) is 11.3 Å². The van der Waals surface area contributed by atoms with Crippen molar-refractivity contribution >= 4 is 13.1 Å². The summed E-state index contributed by atoms with van der Waals surface area (Å²) >= 11 is 0. The van der Waals surface area contributed by atoms with E-state index in [0.717, 1.165) is 0 Å². The minimum absolute atomic E-state index is 0.0259. The van der Waals surface area contributed by atoms with Crippen molar-refractivity contribution in [2.45, 2.75) is 51.1 Å². The number of rotatable bonds is 5. The maximum atomic E-state index is 11.9. The second kappa shape index (κ2) is 6.65. The van der Waals surface area contributed by atoms with Gasteiger partial charge in [0.2, 0.25) is 0 Å². The van der Waals surface area contributed by atoms with Crippen LogP contribution in [0.15, 0.2) is 18.2 Å². The van der Waals surface area contributed by atoms with Gasteiger partial charge in [-0.2, -0.15) is 0 Å². The van der Waals surface area contributed by atoms with E-state index in [1.807, 2.05) is 27.7 Å². The molecule has 1 aromatic carbocycles. The lowest BCUT2D eigenvalue weighted by Crippen LogP contribution is -2.41. The third kappa shape index (κ3) is 3.52. The van der Waals surface area contributed by atoms with Gasteiger partial charge in [-0.25, -0.2) is 0 Å². The molecule has 7 heteroatoms. The molecule has 0 saturated carbocycles. The van der Waals surface area contributed by atoms with Crippen molar-refractivity contribution < 1.29 is 28.7 Å². The van der Waals surface area contributed by atoms with Crippen molar-refractivity contribution in [2.24, 2.45) is 0 Å². The lowest BCUT2D eigenvalue weighted by molar-refractivity contribution is -0.140. The Kier molecular flexibility index (Phi) is 5.15. The molecule has 132 valence electrons. The zero-order valence-electron chi connectivity index (χ0n) is 15.1. The smallest absolute Gasteiger partial charge is 0.466 e. The van der Waals surface area contributed by atoms with E-state index in [4.69, 9.17) is 18.8 Å². The number of aromatic hydroxyl groups is 1. The highest BCUT2D eigenvalue weighted by Crippen LogP contribution is 2.43. The highest BCUT2D eigenvalue weighted by molar-refractivity contribution is 6.48. The molecule has 0 spiro atoms. The topological polar surface area (TPSA) is 74.2 Å². The Morgan fingerprint density at radius 2 is 1.79 bits per heavy atom. The van der Waals surface area contributed by atoms with Crippen LogP contribution in [0.4, 0.5) is 0 Å². The zero-order chi connectivity index (χ0) is 18.1. The van der Waals surface area contributed by atoms with Gasteiger partial charge < -0.3 is 23.9 Å². The van der Waals surface area contributed by atoms with Crippen molar-refractivity contribution in [2.75, 3.05) is 14.2 Å². The van der Waals surface area contributed by atoms with Gasteiger partial charge in [0.05, 0.1) is 31.8 Å². The standard InChI is InChI=1S/C17H25BO6/c1-16(2)17(3,4)24-18(23-16)13(10-15(20)22-6)12-8-7-11(21-5)9-14(12)19/h7-9,13,19H,10H2,1-6H3. The van der Waals surface area contributed by atoms with Gasteiger partial charge >= 0.3 is 13.1 Å². The average Bonchev–Trinajstić information content (AvgIpc) is 2.72. The molecular formula is C17H25BO6. The Bertz CT molecular complexity index is 597. The molecule has 24 heavy (non-hydrogen) atoms. The van der Waals surface area contributed by atoms with Crippen LogP contribution >= 0.6 is 0 Å². The van der Waals surface area contributed by atoms with Gasteiger partial charge in [0.25, 0.3) is 0 Å². The summed E-state index contributed by atoms with van der Waals surface area (Å²) in [6.07, 6.45) is 0.0349. The van der Waals surface area contributed by atoms with Crippen LogP contribution in [0.3, 0.4) is 0 Å². The van der Waals surface area contributed by atoms with Gasteiger partial charge in [-0.05, 0) is 39.3 Å². The number of carbonyl (C=O) groups is 1.